The molecular weight excluding hydrogens is 532 g/mol. The zero-order valence-corrected chi connectivity index (χ0v) is 23.4. The Morgan fingerprint density at radius 2 is 1.59 bits per heavy atom. The van der Waals surface area contributed by atoms with Crippen molar-refractivity contribution in [1.82, 2.24) is 14.9 Å². The van der Waals surface area contributed by atoms with Crippen LogP contribution in [0.15, 0.2) is 109 Å². The van der Waals surface area contributed by atoms with Crippen molar-refractivity contribution < 1.29 is 14.6 Å². The fourth-order valence-corrected chi connectivity index (χ4v) is 5.90. The number of aryl methyl sites for hydroxylation is 1. The number of rotatable bonds is 7. The van der Waals surface area contributed by atoms with Crippen LogP contribution in [0.25, 0.3) is 5.69 Å². The molecule has 0 radical (unpaired) electrons. The van der Waals surface area contributed by atoms with Gasteiger partial charge in [0, 0.05) is 23.3 Å². The number of aromatic carboxylic acids is 1. The van der Waals surface area contributed by atoms with Crippen molar-refractivity contribution in [2.24, 2.45) is 0 Å². The minimum Gasteiger partial charge on any atom is -0.478 e. The predicted molar refractivity (Wildman–Crippen MR) is 163 cm³/mol. The summed E-state index contributed by atoms with van der Waals surface area (Å²) < 4.78 is 8.02. The van der Waals surface area contributed by atoms with Crippen LogP contribution in [0, 0.1) is 13.8 Å². The summed E-state index contributed by atoms with van der Waals surface area (Å²) in [6.07, 6.45) is 1.78. The first-order chi connectivity index (χ1) is 19.9. The lowest BCUT2D eigenvalue weighted by Crippen LogP contribution is -2.29. The molecule has 2 N–H and O–H groups in total. The zero-order valence-electron chi connectivity index (χ0n) is 22.6. The summed E-state index contributed by atoms with van der Waals surface area (Å²) in [7, 11) is 0. The molecular formula is C33H28N4O3S. The van der Waals surface area contributed by atoms with Gasteiger partial charge in [0.1, 0.15) is 11.5 Å². The number of anilines is 1. The fourth-order valence-electron chi connectivity index (χ4n) is 5.56. The van der Waals surface area contributed by atoms with E-state index in [2.05, 4.69) is 21.3 Å². The normalized spacial score (nSPS) is 16.4. The molecule has 0 aliphatic carbocycles. The number of aromatic nitrogens is 2. The smallest absolute Gasteiger partial charge is 0.337 e. The molecule has 0 amide bonds. The first kappa shape index (κ1) is 26.3. The van der Waals surface area contributed by atoms with Crippen LogP contribution in [0.3, 0.4) is 0 Å². The monoisotopic (exact) mass is 560 g/mol. The molecule has 41 heavy (non-hydrogen) atoms. The number of carbonyl (C=O) groups is 1. The Balaban J connectivity index is 1.44. The van der Waals surface area contributed by atoms with E-state index in [-0.39, 0.29) is 17.6 Å². The Hall–Kier alpha value is -4.95. The third-order valence-corrected chi connectivity index (χ3v) is 7.67. The highest BCUT2D eigenvalue weighted by Gasteiger charge is 2.42. The topological polar surface area (TPSA) is 79.6 Å². The van der Waals surface area contributed by atoms with Crippen molar-refractivity contribution in [2.45, 2.75) is 25.9 Å². The van der Waals surface area contributed by atoms with E-state index in [1.54, 1.807) is 18.3 Å². The SMILES string of the molecule is Cc1cc(C2C(c3ccccn3)NC(=S)N2c2ccc(Oc3ccccc3)cc2)c(C)n1-c1ccccc1C(=O)O. The second kappa shape index (κ2) is 10.9. The summed E-state index contributed by atoms with van der Waals surface area (Å²) in [6.45, 7) is 4.01. The third-order valence-electron chi connectivity index (χ3n) is 7.36. The summed E-state index contributed by atoms with van der Waals surface area (Å²) in [4.78, 5) is 18.8. The van der Waals surface area contributed by atoms with Crippen molar-refractivity contribution in [3.05, 3.63) is 138 Å². The lowest BCUT2D eigenvalue weighted by molar-refractivity contribution is 0.0697. The Morgan fingerprint density at radius 3 is 2.29 bits per heavy atom. The van der Waals surface area contributed by atoms with E-state index in [9.17, 15) is 9.90 Å². The van der Waals surface area contributed by atoms with Crippen LogP contribution in [-0.2, 0) is 0 Å². The number of hydrogen-bond donors (Lipinski definition) is 2. The summed E-state index contributed by atoms with van der Waals surface area (Å²) in [6, 6.07) is 32.1. The van der Waals surface area contributed by atoms with Gasteiger partial charge in [-0.3, -0.25) is 4.98 Å². The van der Waals surface area contributed by atoms with Gasteiger partial charge in [-0.1, -0.05) is 36.4 Å². The maximum absolute atomic E-state index is 12.1. The number of nitrogens with one attached hydrogen (secondary N) is 1. The minimum absolute atomic E-state index is 0.229. The second-order valence-corrected chi connectivity index (χ2v) is 10.3. The van der Waals surface area contributed by atoms with Crippen LogP contribution < -0.4 is 15.0 Å². The van der Waals surface area contributed by atoms with Crippen LogP contribution in [0.1, 0.15) is 45.1 Å². The van der Waals surface area contributed by atoms with Crippen molar-refractivity contribution in [1.29, 1.82) is 0 Å². The van der Waals surface area contributed by atoms with Gasteiger partial charge >= 0.3 is 5.97 Å². The summed E-state index contributed by atoms with van der Waals surface area (Å²) in [5.74, 6) is 0.518. The molecule has 0 bridgehead atoms. The highest BCUT2D eigenvalue weighted by atomic mass is 32.1. The molecule has 2 aromatic heterocycles. The molecule has 6 rings (SSSR count). The number of nitrogens with zero attached hydrogens (tertiary/aromatic N) is 3. The van der Waals surface area contributed by atoms with Gasteiger partial charge in [0.25, 0.3) is 0 Å². The molecule has 0 spiro atoms. The average Bonchev–Trinajstić information content (AvgIpc) is 3.49. The summed E-state index contributed by atoms with van der Waals surface area (Å²) in [5.41, 5.74) is 5.52. The molecule has 2 atom stereocenters. The van der Waals surface area contributed by atoms with E-state index < -0.39 is 5.97 Å². The standard InChI is InChI=1S/C33H28N4O3S/c1-21-20-27(22(2)36(21)29-14-7-6-12-26(29)32(38)39)31-30(28-13-8-9-19-34-28)35-33(41)37(31)23-15-17-25(18-16-23)40-24-10-4-3-5-11-24/h3-20,30-31H,1-2H3,(H,35,41)(H,38,39). The van der Waals surface area contributed by atoms with E-state index in [4.69, 9.17) is 17.0 Å². The average molecular weight is 561 g/mol. The second-order valence-electron chi connectivity index (χ2n) is 9.89. The van der Waals surface area contributed by atoms with Crippen LogP contribution in [0.4, 0.5) is 5.69 Å². The van der Waals surface area contributed by atoms with Crippen LogP contribution in [-0.4, -0.2) is 25.7 Å². The number of ether oxygens (including phenoxy) is 1. The van der Waals surface area contributed by atoms with Gasteiger partial charge in [0.2, 0.25) is 0 Å². The molecule has 2 unspecified atom stereocenters. The van der Waals surface area contributed by atoms with E-state index in [0.29, 0.717) is 10.8 Å². The molecule has 3 aromatic carbocycles. The van der Waals surface area contributed by atoms with Gasteiger partial charge in [-0.05, 0) is 98.4 Å². The Bertz CT molecular complexity index is 1720. The van der Waals surface area contributed by atoms with E-state index in [0.717, 1.165) is 39.8 Å². The lowest BCUT2D eigenvalue weighted by Gasteiger charge is -2.28. The number of thiocarbonyl (C=S) groups is 1. The number of pyridine rings is 1. The summed E-state index contributed by atoms with van der Waals surface area (Å²) >= 11 is 5.92. The number of carboxylic acid groups (broad SMARTS) is 1. The van der Waals surface area contributed by atoms with Crippen LogP contribution in [0.5, 0.6) is 11.5 Å². The lowest BCUT2D eigenvalue weighted by atomic mass is 9.96. The van der Waals surface area contributed by atoms with Crippen molar-refractivity contribution in [3.63, 3.8) is 0 Å². The van der Waals surface area contributed by atoms with Gasteiger partial charge in [-0.2, -0.15) is 0 Å². The van der Waals surface area contributed by atoms with Gasteiger partial charge < -0.3 is 24.6 Å². The number of benzene rings is 3. The van der Waals surface area contributed by atoms with Crippen molar-refractivity contribution in [3.8, 4) is 17.2 Å². The number of hydrogen-bond acceptors (Lipinski definition) is 4. The quantitative estimate of drug-likeness (QED) is 0.205. The van der Waals surface area contributed by atoms with Crippen LogP contribution in [0.2, 0.25) is 0 Å². The maximum atomic E-state index is 12.1. The Morgan fingerprint density at radius 1 is 0.902 bits per heavy atom. The third kappa shape index (κ3) is 4.94. The largest absolute Gasteiger partial charge is 0.478 e. The minimum atomic E-state index is -0.968. The molecule has 1 saturated heterocycles. The molecule has 1 fully saturated rings. The van der Waals surface area contributed by atoms with Gasteiger partial charge in [-0.15, -0.1) is 0 Å². The molecule has 8 heteroatoms. The molecule has 1 aliphatic rings. The highest BCUT2D eigenvalue weighted by Crippen LogP contribution is 2.44. The van der Waals surface area contributed by atoms with Gasteiger partial charge in [0.15, 0.2) is 5.11 Å². The summed E-state index contributed by atoms with van der Waals surface area (Å²) in [5, 5.41) is 14.0. The van der Waals surface area contributed by atoms with E-state index in [1.165, 1.54) is 0 Å². The van der Waals surface area contributed by atoms with E-state index >= 15 is 0 Å². The molecule has 3 heterocycles. The van der Waals surface area contributed by atoms with Gasteiger partial charge in [0.05, 0.1) is 29.0 Å². The Labute approximate surface area is 243 Å². The molecule has 7 nitrogen and oxygen atoms in total. The van der Waals surface area contributed by atoms with Crippen LogP contribution >= 0.6 is 12.2 Å². The first-order valence-corrected chi connectivity index (χ1v) is 13.7. The first-order valence-electron chi connectivity index (χ1n) is 13.3. The maximum Gasteiger partial charge on any atom is 0.337 e. The zero-order chi connectivity index (χ0) is 28.5. The molecule has 1 aliphatic heterocycles. The van der Waals surface area contributed by atoms with Crippen molar-refractivity contribution >= 4 is 29.0 Å². The van der Waals surface area contributed by atoms with Crippen molar-refractivity contribution in [2.75, 3.05) is 4.90 Å². The van der Waals surface area contributed by atoms with Gasteiger partial charge in [-0.25, -0.2) is 4.79 Å². The predicted octanol–water partition coefficient (Wildman–Crippen LogP) is 7.16. The number of para-hydroxylation sites is 2. The van der Waals surface area contributed by atoms with E-state index in [1.807, 2.05) is 103 Å². The molecule has 0 saturated carbocycles. The Kier molecular flexibility index (Phi) is 6.99. The number of carboxylic acids is 1. The molecule has 5 aromatic rings. The highest BCUT2D eigenvalue weighted by molar-refractivity contribution is 7.80. The fraction of sp³-hybridized carbons (Fsp3) is 0.121. The molecule has 204 valence electrons.